The first-order valence-corrected chi connectivity index (χ1v) is 8.78. The molecule has 0 amide bonds. The summed E-state index contributed by atoms with van der Waals surface area (Å²) >= 11 is 1.17. The molecule has 27 heavy (non-hydrogen) atoms. The van der Waals surface area contributed by atoms with Crippen LogP contribution in [0.3, 0.4) is 0 Å². The zero-order valence-electron chi connectivity index (χ0n) is 14.9. The summed E-state index contributed by atoms with van der Waals surface area (Å²) in [5, 5.41) is 0.598. The quantitative estimate of drug-likeness (QED) is 0.605. The molecular formula is C19H16FNO5S. The molecule has 0 aliphatic rings. The van der Waals surface area contributed by atoms with E-state index in [1.54, 1.807) is 26.0 Å². The Morgan fingerprint density at radius 3 is 2.56 bits per heavy atom. The summed E-state index contributed by atoms with van der Waals surface area (Å²) in [7, 11) is 1.28. The van der Waals surface area contributed by atoms with Gasteiger partial charge in [-0.25, -0.2) is 19.0 Å². The molecule has 3 rings (SSSR count). The number of thiazole rings is 1. The zero-order chi connectivity index (χ0) is 19.6. The van der Waals surface area contributed by atoms with Gasteiger partial charge >= 0.3 is 11.9 Å². The largest absolute Gasteiger partial charge is 0.465 e. The number of aryl methyl sites for hydroxylation is 2. The normalized spacial score (nSPS) is 10.7. The minimum Gasteiger partial charge on any atom is -0.465 e. The fourth-order valence-electron chi connectivity index (χ4n) is 2.43. The highest BCUT2D eigenvalue weighted by molar-refractivity contribution is 7.17. The summed E-state index contributed by atoms with van der Waals surface area (Å²) in [6.45, 7) is 3.20. The van der Waals surface area contributed by atoms with E-state index < -0.39 is 11.9 Å². The van der Waals surface area contributed by atoms with Crippen LogP contribution in [0.15, 0.2) is 34.7 Å². The Morgan fingerprint density at radius 1 is 1.19 bits per heavy atom. The third-order valence-electron chi connectivity index (χ3n) is 3.79. The molecule has 0 atom stereocenters. The number of methoxy groups -OCH3 is 1. The molecule has 0 saturated heterocycles. The van der Waals surface area contributed by atoms with Crippen molar-refractivity contribution in [2.45, 2.75) is 20.5 Å². The first kappa shape index (κ1) is 18.8. The number of halogens is 1. The van der Waals surface area contributed by atoms with Gasteiger partial charge in [0.05, 0.1) is 12.8 Å². The lowest BCUT2D eigenvalue weighted by Crippen LogP contribution is -2.04. The molecule has 0 saturated carbocycles. The van der Waals surface area contributed by atoms with Crippen LogP contribution in [0.1, 0.15) is 37.2 Å². The molecule has 0 fully saturated rings. The fourth-order valence-corrected chi connectivity index (χ4v) is 3.40. The summed E-state index contributed by atoms with van der Waals surface area (Å²) in [5.74, 6) is -0.683. The van der Waals surface area contributed by atoms with Crippen molar-refractivity contribution < 1.29 is 27.9 Å². The Balaban J connectivity index is 1.72. The summed E-state index contributed by atoms with van der Waals surface area (Å²) in [5.41, 5.74) is 1.53. The van der Waals surface area contributed by atoms with Crippen molar-refractivity contribution >= 4 is 23.3 Å². The number of aromatic nitrogens is 1. The van der Waals surface area contributed by atoms with E-state index in [1.807, 2.05) is 0 Å². The molecule has 6 nitrogen and oxygen atoms in total. The third kappa shape index (κ3) is 4.06. The predicted octanol–water partition coefficient (Wildman–Crippen LogP) is 4.30. The van der Waals surface area contributed by atoms with E-state index in [4.69, 9.17) is 9.15 Å². The van der Waals surface area contributed by atoms with Crippen LogP contribution in [0.4, 0.5) is 4.39 Å². The minimum absolute atomic E-state index is 0.125. The van der Waals surface area contributed by atoms with Crippen molar-refractivity contribution in [3.8, 4) is 10.6 Å². The maximum atomic E-state index is 13.1. The van der Waals surface area contributed by atoms with Crippen LogP contribution in [0.5, 0.6) is 0 Å². The highest BCUT2D eigenvalue weighted by Gasteiger charge is 2.20. The van der Waals surface area contributed by atoms with E-state index in [9.17, 15) is 14.0 Å². The van der Waals surface area contributed by atoms with Gasteiger partial charge in [-0.05, 0) is 44.2 Å². The third-order valence-corrected chi connectivity index (χ3v) is 4.98. The maximum Gasteiger partial charge on any atom is 0.350 e. The second kappa shape index (κ2) is 7.71. The molecule has 1 aromatic carbocycles. The highest BCUT2D eigenvalue weighted by atomic mass is 32.1. The summed E-state index contributed by atoms with van der Waals surface area (Å²) < 4.78 is 28.4. The second-order valence-corrected chi connectivity index (χ2v) is 6.69. The van der Waals surface area contributed by atoms with Crippen molar-refractivity contribution in [2.24, 2.45) is 0 Å². The standard InChI is InChI=1S/C19H16FNO5S/c1-10-16(27-17(21-10)12-4-6-13(20)7-5-12)19(23)25-9-14-8-15(11(2)26-14)18(22)24-3/h4-8H,9H2,1-3H3. The Labute approximate surface area is 158 Å². The number of esters is 2. The molecule has 0 aliphatic heterocycles. The molecule has 0 aliphatic carbocycles. The lowest BCUT2D eigenvalue weighted by molar-refractivity contribution is 0.0448. The van der Waals surface area contributed by atoms with E-state index in [2.05, 4.69) is 9.72 Å². The van der Waals surface area contributed by atoms with E-state index in [1.165, 1.54) is 36.6 Å². The van der Waals surface area contributed by atoms with Crippen LogP contribution in [-0.2, 0) is 16.1 Å². The van der Waals surface area contributed by atoms with Crippen molar-refractivity contribution in [1.29, 1.82) is 0 Å². The van der Waals surface area contributed by atoms with E-state index in [0.29, 0.717) is 32.7 Å². The van der Waals surface area contributed by atoms with Gasteiger partial charge in [0, 0.05) is 5.56 Å². The Morgan fingerprint density at radius 2 is 1.89 bits per heavy atom. The highest BCUT2D eigenvalue weighted by Crippen LogP contribution is 2.29. The van der Waals surface area contributed by atoms with E-state index in [0.717, 1.165) is 0 Å². The van der Waals surface area contributed by atoms with E-state index in [-0.39, 0.29) is 18.0 Å². The minimum atomic E-state index is -0.549. The number of nitrogens with zero attached hydrogens (tertiary/aromatic N) is 1. The fraction of sp³-hybridized carbons (Fsp3) is 0.211. The van der Waals surface area contributed by atoms with Crippen LogP contribution >= 0.6 is 11.3 Å². The number of rotatable bonds is 5. The smallest absolute Gasteiger partial charge is 0.350 e. The van der Waals surface area contributed by atoms with Gasteiger partial charge in [-0.1, -0.05) is 0 Å². The maximum absolute atomic E-state index is 13.1. The first-order chi connectivity index (χ1) is 12.9. The van der Waals surface area contributed by atoms with E-state index >= 15 is 0 Å². The number of hydrogen-bond donors (Lipinski definition) is 0. The summed E-state index contributed by atoms with van der Waals surface area (Å²) in [4.78, 5) is 28.7. The molecular weight excluding hydrogens is 373 g/mol. The lowest BCUT2D eigenvalue weighted by Gasteiger charge is -2.00. The van der Waals surface area contributed by atoms with Gasteiger partial charge < -0.3 is 13.9 Å². The number of ether oxygens (including phenoxy) is 2. The monoisotopic (exact) mass is 389 g/mol. The van der Waals surface area contributed by atoms with Gasteiger partial charge in [0.25, 0.3) is 0 Å². The average Bonchev–Trinajstić information content (AvgIpc) is 3.22. The number of furan rings is 1. The van der Waals surface area contributed by atoms with Gasteiger partial charge in [-0.15, -0.1) is 11.3 Å². The SMILES string of the molecule is COC(=O)c1cc(COC(=O)c2sc(-c3ccc(F)cc3)nc2C)oc1C. The van der Waals surface area contributed by atoms with Gasteiger partial charge in [0.2, 0.25) is 0 Å². The molecule has 140 valence electrons. The number of carbonyl (C=O) groups excluding carboxylic acids is 2. The van der Waals surface area contributed by atoms with Crippen molar-refractivity contribution in [3.05, 3.63) is 63.8 Å². The molecule has 0 radical (unpaired) electrons. The second-order valence-electron chi connectivity index (χ2n) is 5.69. The van der Waals surface area contributed by atoms with Gasteiger partial charge in [0.1, 0.15) is 39.4 Å². The zero-order valence-corrected chi connectivity index (χ0v) is 15.7. The summed E-state index contributed by atoms with van der Waals surface area (Å²) in [6, 6.07) is 7.35. The van der Waals surface area contributed by atoms with Gasteiger partial charge in [-0.3, -0.25) is 0 Å². The van der Waals surface area contributed by atoms with Crippen LogP contribution in [0, 0.1) is 19.7 Å². The van der Waals surface area contributed by atoms with Crippen molar-refractivity contribution in [1.82, 2.24) is 4.98 Å². The average molecular weight is 389 g/mol. The topological polar surface area (TPSA) is 78.6 Å². The molecule has 2 aromatic heterocycles. The van der Waals surface area contributed by atoms with Crippen LogP contribution in [-0.4, -0.2) is 24.0 Å². The van der Waals surface area contributed by atoms with Crippen molar-refractivity contribution in [3.63, 3.8) is 0 Å². The van der Waals surface area contributed by atoms with Crippen molar-refractivity contribution in [2.75, 3.05) is 7.11 Å². The van der Waals surface area contributed by atoms with Gasteiger partial charge in [-0.2, -0.15) is 0 Å². The Hall–Kier alpha value is -3.00. The Kier molecular flexibility index (Phi) is 5.36. The van der Waals surface area contributed by atoms with Gasteiger partial charge in [0.15, 0.2) is 0 Å². The van der Waals surface area contributed by atoms with Crippen LogP contribution in [0.2, 0.25) is 0 Å². The lowest BCUT2D eigenvalue weighted by atomic mass is 10.2. The van der Waals surface area contributed by atoms with Crippen LogP contribution < -0.4 is 0 Å². The molecule has 0 unspecified atom stereocenters. The number of benzene rings is 1. The molecule has 8 heteroatoms. The summed E-state index contributed by atoms with van der Waals surface area (Å²) in [6.07, 6.45) is 0. The molecule has 3 aromatic rings. The number of hydrogen-bond acceptors (Lipinski definition) is 7. The number of carbonyl (C=O) groups is 2. The molecule has 0 N–H and O–H groups in total. The first-order valence-electron chi connectivity index (χ1n) is 7.97. The molecule has 0 spiro atoms. The Bertz CT molecular complexity index is 990. The molecule has 0 bridgehead atoms. The molecule has 2 heterocycles. The predicted molar refractivity (Wildman–Crippen MR) is 96.1 cm³/mol. The van der Waals surface area contributed by atoms with Crippen LogP contribution in [0.25, 0.3) is 10.6 Å².